The molecule has 1 heterocycles. The first kappa shape index (κ1) is 22.4. The maximum absolute atomic E-state index is 12.2. The summed E-state index contributed by atoms with van der Waals surface area (Å²) >= 11 is 0. The van der Waals surface area contributed by atoms with E-state index in [0.29, 0.717) is 0 Å². The predicted octanol–water partition coefficient (Wildman–Crippen LogP) is 2.50. The number of nitrogens with two attached hydrogens (primary N) is 1. The average Bonchev–Trinajstić information content (AvgIpc) is 3.16. The van der Waals surface area contributed by atoms with Crippen molar-refractivity contribution in [2.75, 3.05) is 13.2 Å². The molecule has 0 fully saturated rings. The normalized spacial score (nSPS) is 14.1. The van der Waals surface area contributed by atoms with Crippen LogP contribution >= 0.6 is 0 Å². The fourth-order valence-corrected chi connectivity index (χ4v) is 4.08. The van der Waals surface area contributed by atoms with Gasteiger partial charge in [-0.1, -0.05) is 54.6 Å². The molecular weight excluding hydrogens is 422 g/mol. The molecule has 2 unspecified atom stereocenters. The minimum absolute atomic E-state index is 0.00415. The molecule has 0 saturated carbocycles. The van der Waals surface area contributed by atoms with Gasteiger partial charge in [0.25, 0.3) is 5.91 Å². The topological polar surface area (TPSA) is 135 Å². The van der Waals surface area contributed by atoms with E-state index in [9.17, 15) is 19.8 Å². The Bertz CT molecular complexity index is 1120. The summed E-state index contributed by atoms with van der Waals surface area (Å²) in [5.41, 5.74) is 9.85. The molecule has 1 aliphatic carbocycles. The highest BCUT2D eigenvalue weighted by molar-refractivity contribution is 5.90. The van der Waals surface area contributed by atoms with E-state index in [4.69, 9.17) is 10.5 Å². The molecule has 1 aliphatic rings. The van der Waals surface area contributed by atoms with Gasteiger partial charge in [0.2, 0.25) is 0 Å². The number of alkyl carbamates (subject to hydrolysis) is 1. The molecule has 2 atom stereocenters. The van der Waals surface area contributed by atoms with Crippen molar-refractivity contribution in [1.82, 2.24) is 10.3 Å². The van der Waals surface area contributed by atoms with Crippen molar-refractivity contribution >= 4 is 12.0 Å². The zero-order valence-electron chi connectivity index (χ0n) is 17.8. The number of aliphatic hydroxyl groups is 2. The smallest absolute Gasteiger partial charge is 0.407 e. The Hall–Kier alpha value is -3.75. The van der Waals surface area contributed by atoms with Crippen LogP contribution in [0.2, 0.25) is 0 Å². The van der Waals surface area contributed by atoms with Gasteiger partial charge in [-0.15, -0.1) is 0 Å². The standard InChI is InChI=1S/C25H25N3O5/c26-24(31)21-11-5-10-20(28-21)23(30)22(29)12-13-27-25(32)33-14-19-17-8-3-1-6-15(17)16-7-2-4-9-18(16)19/h1-11,19,22-23,29-30H,12-14H2,(H2,26,31)(H,27,32). The van der Waals surface area contributed by atoms with E-state index in [0.717, 1.165) is 22.3 Å². The number of nitrogens with zero attached hydrogens (tertiary/aromatic N) is 1. The number of aliphatic hydroxyl groups excluding tert-OH is 2. The van der Waals surface area contributed by atoms with E-state index < -0.39 is 24.2 Å². The van der Waals surface area contributed by atoms with Gasteiger partial charge in [-0.3, -0.25) is 4.79 Å². The van der Waals surface area contributed by atoms with Crippen LogP contribution in [0, 0.1) is 0 Å². The number of aromatic nitrogens is 1. The second kappa shape index (κ2) is 9.81. The van der Waals surface area contributed by atoms with Crippen molar-refractivity contribution in [3.63, 3.8) is 0 Å². The predicted molar refractivity (Wildman–Crippen MR) is 121 cm³/mol. The monoisotopic (exact) mass is 447 g/mol. The number of nitrogens with one attached hydrogen (secondary N) is 1. The molecule has 0 radical (unpaired) electrons. The molecule has 2 amide bonds. The lowest BCUT2D eigenvalue weighted by Gasteiger charge is -2.18. The van der Waals surface area contributed by atoms with Gasteiger partial charge >= 0.3 is 6.09 Å². The van der Waals surface area contributed by atoms with Crippen LogP contribution in [0.3, 0.4) is 0 Å². The van der Waals surface area contributed by atoms with E-state index >= 15 is 0 Å². The van der Waals surface area contributed by atoms with E-state index in [2.05, 4.69) is 22.4 Å². The molecule has 3 aromatic rings. The first-order valence-electron chi connectivity index (χ1n) is 10.7. The highest BCUT2D eigenvalue weighted by Gasteiger charge is 2.29. The summed E-state index contributed by atoms with van der Waals surface area (Å²) in [5.74, 6) is -0.769. The van der Waals surface area contributed by atoms with Gasteiger partial charge in [-0.25, -0.2) is 9.78 Å². The van der Waals surface area contributed by atoms with E-state index in [-0.39, 0.29) is 36.9 Å². The molecule has 170 valence electrons. The molecule has 0 saturated heterocycles. The van der Waals surface area contributed by atoms with Crippen molar-refractivity contribution in [2.24, 2.45) is 5.73 Å². The summed E-state index contributed by atoms with van der Waals surface area (Å²) in [5, 5.41) is 23.1. The second-order valence-electron chi connectivity index (χ2n) is 7.87. The number of ether oxygens (including phenoxy) is 1. The summed E-state index contributed by atoms with van der Waals surface area (Å²) in [6.45, 7) is 0.277. The van der Waals surface area contributed by atoms with Crippen molar-refractivity contribution in [1.29, 1.82) is 0 Å². The molecule has 2 aromatic carbocycles. The third-order valence-corrected chi connectivity index (χ3v) is 5.74. The van der Waals surface area contributed by atoms with Crippen molar-refractivity contribution in [2.45, 2.75) is 24.5 Å². The number of primary amides is 1. The first-order valence-corrected chi connectivity index (χ1v) is 10.7. The number of pyridine rings is 1. The maximum Gasteiger partial charge on any atom is 0.407 e. The van der Waals surface area contributed by atoms with Crippen LogP contribution in [0.15, 0.2) is 66.7 Å². The zero-order valence-corrected chi connectivity index (χ0v) is 17.8. The summed E-state index contributed by atoms with van der Waals surface area (Å²) in [4.78, 5) is 27.4. The van der Waals surface area contributed by atoms with Crippen LogP contribution < -0.4 is 11.1 Å². The van der Waals surface area contributed by atoms with Crippen LogP contribution in [0.5, 0.6) is 0 Å². The Morgan fingerprint density at radius 2 is 1.61 bits per heavy atom. The number of carbonyl (C=O) groups excluding carboxylic acids is 2. The first-order chi connectivity index (χ1) is 16.0. The van der Waals surface area contributed by atoms with E-state index in [1.54, 1.807) is 0 Å². The summed E-state index contributed by atoms with van der Waals surface area (Å²) in [7, 11) is 0. The van der Waals surface area contributed by atoms with Gasteiger partial charge in [-0.2, -0.15) is 0 Å². The second-order valence-corrected chi connectivity index (χ2v) is 7.87. The average molecular weight is 447 g/mol. The van der Waals surface area contributed by atoms with E-state index in [1.807, 2.05) is 36.4 Å². The molecule has 0 bridgehead atoms. The quantitative estimate of drug-likeness (QED) is 0.419. The summed E-state index contributed by atoms with van der Waals surface area (Å²) in [6, 6.07) is 20.6. The third-order valence-electron chi connectivity index (χ3n) is 5.74. The third kappa shape index (κ3) is 4.87. The summed E-state index contributed by atoms with van der Waals surface area (Å²) in [6.07, 6.45) is -3.07. The zero-order chi connectivity index (χ0) is 23.4. The van der Waals surface area contributed by atoms with Gasteiger partial charge in [0.1, 0.15) is 18.4 Å². The van der Waals surface area contributed by atoms with Crippen molar-refractivity contribution < 1.29 is 24.5 Å². The van der Waals surface area contributed by atoms with Crippen molar-refractivity contribution in [3.8, 4) is 11.1 Å². The minimum atomic E-state index is -1.33. The largest absolute Gasteiger partial charge is 0.449 e. The number of hydrogen-bond acceptors (Lipinski definition) is 6. The maximum atomic E-state index is 12.2. The van der Waals surface area contributed by atoms with Gasteiger partial charge in [0.15, 0.2) is 0 Å². The SMILES string of the molecule is NC(=O)c1cccc(C(O)C(O)CCNC(=O)OCC2c3ccccc3-c3ccccc32)n1. The minimum Gasteiger partial charge on any atom is -0.449 e. The van der Waals surface area contributed by atoms with Crippen LogP contribution in [-0.2, 0) is 4.74 Å². The number of amides is 2. The Labute approximate surface area is 191 Å². The molecule has 1 aromatic heterocycles. The highest BCUT2D eigenvalue weighted by Crippen LogP contribution is 2.44. The van der Waals surface area contributed by atoms with E-state index in [1.165, 1.54) is 18.2 Å². The fourth-order valence-electron chi connectivity index (χ4n) is 4.08. The fraction of sp³-hybridized carbons (Fsp3) is 0.240. The van der Waals surface area contributed by atoms with Crippen LogP contribution in [0.4, 0.5) is 4.79 Å². The summed E-state index contributed by atoms with van der Waals surface area (Å²) < 4.78 is 5.45. The van der Waals surface area contributed by atoms with Crippen LogP contribution in [0.1, 0.15) is 45.8 Å². The molecule has 8 heteroatoms. The van der Waals surface area contributed by atoms with Crippen LogP contribution in [0.25, 0.3) is 11.1 Å². The van der Waals surface area contributed by atoms with Gasteiger partial charge < -0.3 is 26.0 Å². The Morgan fingerprint density at radius 3 is 2.24 bits per heavy atom. The molecule has 5 N–H and O–H groups in total. The number of carbonyl (C=O) groups is 2. The number of benzene rings is 2. The Balaban J connectivity index is 1.28. The molecule has 8 nitrogen and oxygen atoms in total. The highest BCUT2D eigenvalue weighted by atomic mass is 16.5. The number of hydrogen-bond donors (Lipinski definition) is 4. The lowest BCUT2D eigenvalue weighted by molar-refractivity contribution is 0.0111. The molecule has 33 heavy (non-hydrogen) atoms. The van der Waals surface area contributed by atoms with Crippen molar-refractivity contribution in [3.05, 3.63) is 89.2 Å². The van der Waals surface area contributed by atoms with Gasteiger partial charge in [-0.05, 0) is 40.8 Å². The number of rotatable bonds is 8. The van der Waals surface area contributed by atoms with Gasteiger partial charge in [0.05, 0.1) is 11.8 Å². The molecule has 0 spiro atoms. The Morgan fingerprint density at radius 1 is 0.970 bits per heavy atom. The number of fused-ring (bicyclic) bond motifs is 3. The van der Waals surface area contributed by atoms with Crippen LogP contribution in [-0.4, -0.2) is 46.5 Å². The lowest BCUT2D eigenvalue weighted by Crippen LogP contribution is -2.31. The molecule has 0 aliphatic heterocycles. The van der Waals surface area contributed by atoms with Gasteiger partial charge in [0, 0.05) is 12.5 Å². The molecular formula is C25H25N3O5. The lowest BCUT2D eigenvalue weighted by atomic mass is 9.98. The molecule has 4 rings (SSSR count). The Kier molecular flexibility index (Phi) is 6.67.